The average Bonchev–Trinajstić information content (AvgIpc) is 2.99. The van der Waals surface area contributed by atoms with E-state index in [4.69, 9.17) is 0 Å². The monoisotopic (exact) mass is 342 g/mol. The number of hydrogen-bond acceptors (Lipinski definition) is 5. The lowest BCUT2D eigenvalue weighted by molar-refractivity contribution is 0.0953. The molecule has 0 bridgehead atoms. The summed E-state index contributed by atoms with van der Waals surface area (Å²) in [7, 11) is 4.05. The molecule has 3 aromatic rings. The van der Waals surface area contributed by atoms with Crippen molar-refractivity contribution in [2.24, 2.45) is 0 Å². The molecule has 7 heteroatoms. The van der Waals surface area contributed by atoms with Gasteiger partial charge in [0.05, 0.1) is 17.3 Å². The molecular weight excluding hydrogens is 324 g/mol. The third-order valence-electron chi connectivity index (χ3n) is 3.60. The summed E-state index contributed by atoms with van der Waals surface area (Å²) in [6, 6.07) is 8.10. The van der Waals surface area contributed by atoms with Crippen LogP contribution in [0.4, 0.5) is 0 Å². The van der Waals surface area contributed by atoms with Gasteiger partial charge in [-0.3, -0.25) is 9.59 Å². The van der Waals surface area contributed by atoms with Gasteiger partial charge in [0, 0.05) is 18.5 Å². The molecule has 0 radical (unpaired) electrons. The second kappa shape index (κ2) is 6.94. The van der Waals surface area contributed by atoms with Crippen molar-refractivity contribution in [3.63, 3.8) is 0 Å². The lowest BCUT2D eigenvalue weighted by Gasteiger charge is -2.10. The summed E-state index contributed by atoms with van der Waals surface area (Å²) >= 11 is 1.29. The van der Waals surface area contributed by atoms with E-state index >= 15 is 0 Å². The van der Waals surface area contributed by atoms with Crippen molar-refractivity contribution in [1.29, 1.82) is 0 Å². The quantitative estimate of drug-likeness (QED) is 0.743. The number of nitrogens with one attached hydrogen (secondary N) is 2. The Balaban J connectivity index is 1.70. The van der Waals surface area contributed by atoms with Gasteiger partial charge in [-0.25, -0.2) is 4.98 Å². The maximum atomic E-state index is 12.4. The molecule has 2 aromatic heterocycles. The van der Waals surface area contributed by atoms with E-state index in [1.165, 1.54) is 23.2 Å². The number of H-pyrrole nitrogens is 1. The van der Waals surface area contributed by atoms with E-state index in [-0.39, 0.29) is 11.5 Å². The lowest BCUT2D eigenvalue weighted by Crippen LogP contribution is -2.23. The van der Waals surface area contributed by atoms with E-state index in [0.29, 0.717) is 22.3 Å². The van der Waals surface area contributed by atoms with Crippen LogP contribution in [0.3, 0.4) is 0 Å². The second-order valence-corrected chi connectivity index (χ2v) is 6.66. The molecule has 0 atom stereocenters. The van der Waals surface area contributed by atoms with Gasteiger partial charge in [-0.1, -0.05) is 24.3 Å². The van der Waals surface area contributed by atoms with Crippen LogP contribution in [0.1, 0.15) is 21.5 Å². The van der Waals surface area contributed by atoms with Crippen LogP contribution < -0.4 is 10.9 Å². The maximum absolute atomic E-state index is 12.4. The fraction of sp³-hybridized carbons (Fsp3) is 0.235. The van der Waals surface area contributed by atoms with Crippen LogP contribution >= 0.6 is 11.3 Å². The predicted octanol–water partition coefficient (Wildman–Crippen LogP) is 1.98. The summed E-state index contributed by atoms with van der Waals surface area (Å²) in [4.78, 5) is 33.5. The molecule has 1 aromatic carbocycles. The van der Waals surface area contributed by atoms with Crippen molar-refractivity contribution in [1.82, 2.24) is 20.2 Å². The highest BCUT2D eigenvalue weighted by Gasteiger charge is 2.15. The molecule has 0 unspecified atom stereocenters. The van der Waals surface area contributed by atoms with Gasteiger partial charge in [-0.2, -0.15) is 0 Å². The molecule has 124 valence electrons. The first kappa shape index (κ1) is 16.4. The second-order valence-electron chi connectivity index (χ2n) is 5.80. The van der Waals surface area contributed by atoms with Gasteiger partial charge in [-0.05, 0) is 25.2 Å². The van der Waals surface area contributed by atoms with Crippen LogP contribution in [-0.2, 0) is 13.1 Å². The Morgan fingerprint density at radius 3 is 2.67 bits per heavy atom. The molecule has 0 aliphatic heterocycles. The molecule has 2 heterocycles. The van der Waals surface area contributed by atoms with Crippen molar-refractivity contribution in [3.05, 3.63) is 63.0 Å². The summed E-state index contributed by atoms with van der Waals surface area (Å²) in [5, 5.41) is 4.88. The predicted molar refractivity (Wildman–Crippen MR) is 95.2 cm³/mol. The molecule has 0 saturated heterocycles. The highest BCUT2D eigenvalue weighted by Crippen LogP contribution is 2.20. The van der Waals surface area contributed by atoms with E-state index in [0.717, 1.165) is 12.1 Å². The Morgan fingerprint density at radius 2 is 1.96 bits per heavy atom. The molecule has 0 spiro atoms. The molecule has 3 rings (SSSR count). The summed E-state index contributed by atoms with van der Waals surface area (Å²) in [6.07, 6.45) is 1.35. The highest BCUT2D eigenvalue weighted by molar-refractivity contribution is 7.17. The molecule has 0 aliphatic rings. The summed E-state index contributed by atoms with van der Waals surface area (Å²) in [6.45, 7) is 1.29. The topological polar surface area (TPSA) is 78.1 Å². The third-order valence-corrected chi connectivity index (χ3v) is 4.48. The number of rotatable bonds is 5. The zero-order chi connectivity index (χ0) is 17.1. The van der Waals surface area contributed by atoms with Crippen LogP contribution in [-0.4, -0.2) is 34.9 Å². The van der Waals surface area contributed by atoms with Gasteiger partial charge in [0.25, 0.3) is 11.5 Å². The smallest absolute Gasteiger partial charge is 0.260 e. The van der Waals surface area contributed by atoms with Crippen molar-refractivity contribution in [2.75, 3.05) is 14.1 Å². The van der Waals surface area contributed by atoms with E-state index < -0.39 is 0 Å². The number of thiophene rings is 1. The normalized spacial score (nSPS) is 11.1. The average molecular weight is 342 g/mol. The number of fused-ring (bicyclic) bond motifs is 1. The summed E-state index contributed by atoms with van der Waals surface area (Å²) in [5.74, 6) is -0.267. The van der Waals surface area contributed by atoms with Crippen molar-refractivity contribution in [2.45, 2.75) is 13.1 Å². The fourth-order valence-electron chi connectivity index (χ4n) is 2.46. The van der Waals surface area contributed by atoms with Gasteiger partial charge in [0.2, 0.25) is 0 Å². The Bertz CT molecular complexity index is 912. The largest absolute Gasteiger partial charge is 0.348 e. The Morgan fingerprint density at radius 1 is 1.25 bits per heavy atom. The van der Waals surface area contributed by atoms with E-state index in [9.17, 15) is 9.59 Å². The zero-order valence-electron chi connectivity index (χ0n) is 13.5. The fourth-order valence-corrected chi connectivity index (χ4v) is 3.34. The lowest BCUT2D eigenvalue weighted by atomic mass is 10.1. The Labute approximate surface area is 143 Å². The molecule has 0 saturated carbocycles. The van der Waals surface area contributed by atoms with Gasteiger partial charge in [0.15, 0.2) is 0 Å². The minimum atomic E-state index is -0.292. The van der Waals surface area contributed by atoms with Gasteiger partial charge < -0.3 is 15.2 Å². The Kier molecular flexibility index (Phi) is 4.73. The number of amides is 1. The van der Waals surface area contributed by atoms with Gasteiger partial charge in [-0.15, -0.1) is 11.3 Å². The standard InChI is InChI=1S/C17H18N4O2S/c1-21(2)8-12-5-3-11(4-6-12)7-18-15(22)13-9-24-17-14(13)16(23)19-10-20-17/h3-6,9-10H,7-8H2,1-2H3,(H,18,22)(H,19,20,23). The van der Waals surface area contributed by atoms with E-state index in [1.807, 2.05) is 26.2 Å². The first-order valence-electron chi connectivity index (χ1n) is 7.50. The highest BCUT2D eigenvalue weighted by atomic mass is 32.1. The van der Waals surface area contributed by atoms with Crippen LogP contribution in [0.5, 0.6) is 0 Å². The molecule has 24 heavy (non-hydrogen) atoms. The first-order chi connectivity index (χ1) is 11.5. The molecular formula is C17H18N4O2S. The van der Waals surface area contributed by atoms with Gasteiger partial charge >= 0.3 is 0 Å². The van der Waals surface area contributed by atoms with Crippen LogP contribution in [0, 0.1) is 0 Å². The summed E-state index contributed by atoms with van der Waals surface area (Å²) in [5.41, 5.74) is 2.31. The molecule has 1 amide bonds. The third kappa shape index (κ3) is 3.52. The minimum Gasteiger partial charge on any atom is -0.348 e. The first-order valence-corrected chi connectivity index (χ1v) is 8.38. The number of carbonyl (C=O) groups excluding carboxylic acids is 1. The minimum absolute atomic E-state index is 0.267. The number of aromatic nitrogens is 2. The van der Waals surface area contributed by atoms with Crippen LogP contribution in [0.15, 0.2) is 40.8 Å². The SMILES string of the molecule is CN(C)Cc1ccc(CNC(=O)c2csc3nc[nH]c(=O)c23)cc1. The summed E-state index contributed by atoms with van der Waals surface area (Å²) < 4.78 is 0. The number of benzene rings is 1. The van der Waals surface area contributed by atoms with E-state index in [1.54, 1.807) is 5.38 Å². The number of hydrogen-bond donors (Lipinski definition) is 2. The van der Waals surface area contributed by atoms with Crippen molar-refractivity contribution >= 4 is 27.5 Å². The number of nitrogens with zero attached hydrogens (tertiary/aromatic N) is 2. The number of aromatic amines is 1. The van der Waals surface area contributed by atoms with Gasteiger partial charge in [0.1, 0.15) is 4.83 Å². The Hall–Kier alpha value is -2.51. The van der Waals surface area contributed by atoms with E-state index in [2.05, 4.69) is 32.3 Å². The molecule has 0 fully saturated rings. The van der Waals surface area contributed by atoms with Crippen LogP contribution in [0.2, 0.25) is 0 Å². The maximum Gasteiger partial charge on any atom is 0.260 e. The molecule has 6 nitrogen and oxygen atoms in total. The number of carbonyl (C=O) groups is 1. The molecule has 2 N–H and O–H groups in total. The zero-order valence-corrected chi connectivity index (χ0v) is 14.3. The van der Waals surface area contributed by atoms with Crippen LogP contribution in [0.25, 0.3) is 10.2 Å². The van der Waals surface area contributed by atoms with Crippen molar-refractivity contribution in [3.8, 4) is 0 Å². The molecule has 0 aliphatic carbocycles. The van der Waals surface area contributed by atoms with Crippen molar-refractivity contribution < 1.29 is 4.79 Å².